The molecule has 0 bridgehead atoms. The van der Waals surface area contributed by atoms with Crippen molar-refractivity contribution in [1.82, 2.24) is 9.97 Å². The monoisotopic (exact) mass is 298 g/mol. The van der Waals surface area contributed by atoms with Crippen molar-refractivity contribution in [3.63, 3.8) is 0 Å². The molecule has 0 atom stereocenters. The van der Waals surface area contributed by atoms with E-state index in [9.17, 15) is 4.79 Å². The van der Waals surface area contributed by atoms with Gasteiger partial charge in [0.2, 0.25) is 0 Å². The zero-order valence-electron chi connectivity index (χ0n) is 11.0. The average molecular weight is 299 g/mol. The number of fused-ring (bicyclic) bond motifs is 1. The van der Waals surface area contributed by atoms with Gasteiger partial charge in [-0.1, -0.05) is 29.8 Å². The minimum Gasteiger partial charge on any atom is -0.457 e. The molecule has 0 aliphatic heterocycles. The molecule has 3 aromatic rings. The molecule has 3 rings (SSSR count). The van der Waals surface area contributed by atoms with Gasteiger partial charge in [-0.2, -0.15) is 0 Å². The zero-order chi connectivity index (χ0) is 14.7. The molecule has 0 saturated heterocycles. The molecule has 0 N–H and O–H groups in total. The average Bonchev–Trinajstić information content (AvgIpc) is 2.53. The van der Waals surface area contributed by atoms with Gasteiger partial charge in [-0.3, -0.25) is 4.98 Å². The van der Waals surface area contributed by atoms with E-state index in [1.807, 2.05) is 30.3 Å². The molecule has 4 nitrogen and oxygen atoms in total. The third-order valence-electron chi connectivity index (χ3n) is 3.02. The van der Waals surface area contributed by atoms with Crippen molar-refractivity contribution in [2.45, 2.75) is 6.61 Å². The van der Waals surface area contributed by atoms with E-state index >= 15 is 0 Å². The molecule has 2 heterocycles. The van der Waals surface area contributed by atoms with E-state index in [1.54, 1.807) is 24.5 Å². The van der Waals surface area contributed by atoms with E-state index in [4.69, 9.17) is 16.3 Å². The number of benzene rings is 1. The Balaban J connectivity index is 1.79. The first-order valence-corrected chi connectivity index (χ1v) is 6.73. The second kappa shape index (κ2) is 5.89. The highest BCUT2D eigenvalue weighted by atomic mass is 35.5. The lowest BCUT2D eigenvalue weighted by Gasteiger charge is -2.07. The fourth-order valence-electron chi connectivity index (χ4n) is 1.95. The highest BCUT2D eigenvalue weighted by Gasteiger charge is 2.10. The van der Waals surface area contributed by atoms with Crippen LogP contribution < -0.4 is 0 Å². The van der Waals surface area contributed by atoms with Gasteiger partial charge in [0.1, 0.15) is 11.8 Å². The molecule has 0 spiro atoms. The van der Waals surface area contributed by atoms with E-state index in [2.05, 4.69) is 9.97 Å². The predicted molar refractivity (Wildman–Crippen MR) is 80.1 cm³/mol. The van der Waals surface area contributed by atoms with Crippen LogP contribution in [-0.4, -0.2) is 15.9 Å². The Hall–Kier alpha value is -2.46. The first kappa shape index (κ1) is 13.5. The molecule has 5 heteroatoms. The van der Waals surface area contributed by atoms with E-state index in [0.29, 0.717) is 16.3 Å². The number of esters is 1. The Kier molecular flexibility index (Phi) is 3.79. The van der Waals surface area contributed by atoms with Crippen LogP contribution in [0, 0.1) is 0 Å². The maximum absolute atomic E-state index is 11.9. The maximum Gasteiger partial charge on any atom is 0.338 e. The molecule has 0 saturated carbocycles. The zero-order valence-corrected chi connectivity index (χ0v) is 11.7. The fourth-order valence-corrected chi connectivity index (χ4v) is 2.15. The van der Waals surface area contributed by atoms with Crippen LogP contribution in [0.1, 0.15) is 15.9 Å². The van der Waals surface area contributed by atoms with Crippen molar-refractivity contribution in [2.75, 3.05) is 0 Å². The summed E-state index contributed by atoms with van der Waals surface area (Å²) in [6.45, 7) is 0.0812. The van der Waals surface area contributed by atoms with Crippen LogP contribution in [-0.2, 0) is 11.3 Å². The number of para-hydroxylation sites is 1. The highest BCUT2D eigenvalue weighted by molar-refractivity contribution is 6.30. The topological polar surface area (TPSA) is 52.1 Å². The van der Waals surface area contributed by atoms with E-state index < -0.39 is 5.97 Å². The van der Waals surface area contributed by atoms with Crippen LogP contribution in [0.2, 0.25) is 5.15 Å². The van der Waals surface area contributed by atoms with Gasteiger partial charge in [0.25, 0.3) is 0 Å². The number of carbonyl (C=O) groups is 1. The Morgan fingerprint density at radius 3 is 2.71 bits per heavy atom. The van der Waals surface area contributed by atoms with Gasteiger partial charge in [-0.05, 0) is 24.3 Å². The van der Waals surface area contributed by atoms with Crippen molar-refractivity contribution in [3.05, 3.63) is 71.1 Å². The summed E-state index contributed by atoms with van der Waals surface area (Å²) in [5, 5.41) is 1.30. The van der Waals surface area contributed by atoms with Gasteiger partial charge in [0, 0.05) is 23.3 Å². The van der Waals surface area contributed by atoms with Crippen LogP contribution in [0.25, 0.3) is 10.9 Å². The molecule has 104 valence electrons. The second-order valence-electron chi connectivity index (χ2n) is 4.44. The van der Waals surface area contributed by atoms with Gasteiger partial charge < -0.3 is 4.74 Å². The van der Waals surface area contributed by atoms with Gasteiger partial charge in [-0.15, -0.1) is 0 Å². The quantitative estimate of drug-likeness (QED) is 0.547. The van der Waals surface area contributed by atoms with Gasteiger partial charge >= 0.3 is 5.97 Å². The maximum atomic E-state index is 11.9. The fraction of sp³-hybridized carbons (Fsp3) is 0.0625. The Morgan fingerprint density at radius 2 is 1.90 bits per heavy atom. The number of carbonyl (C=O) groups excluding carboxylic acids is 1. The van der Waals surface area contributed by atoms with E-state index in [-0.39, 0.29) is 6.61 Å². The Labute approximate surface area is 126 Å². The molecule has 21 heavy (non-hydrogen) atoms. The first-order chi connectivity index (χ1) is 10.2. The van der Waals surface area contributed by atoms with Crippen molar-refractivity contribution in [3.8, 4) is 0 Å². The smallest absolute Gasteiger partial charge is 0.338 e. The molecule has 1 aromatic carbocycles. The van der Waals surface area contributed by atoms with Gasteiger partial charge in [-0.25, -0.2) is 9.78 Å². The van der Waals surface area contributed by atoms with Crippen LogP contribution in [0.3, 0.4) is 0 Å². The molecule has 2 aromatic heterocycles. The van der Waals surface area contributed by atoms with Crippen molar-refractivity contribution in [2.24, 2.45) is 0 Å². The van der Waals surface area contributed by atoms with Crippen molar-refractivity contribution in [1.29, 1.82) is 0 Å². The number of ether oxygens (including phenoxy) is 1. The van der Waals surface area contributed by atoms with Crippen LogP contribution >= 0.6 is 11.6 Å². The molecule has 0 radical (unpaired) electrons. The molecule has 0 aliphatic rings. The molecule has 0 aliphatic carbocycles. The largest absolute Gasteiger partial charge is 0.457 e. The molecular weight excluding hydrogens is 288 g/mol. The Morgan fingerprint density at radius 1 is 1.14 bits per heavy atom. The van der Waals surface area contributed by atoms with Crippen LogP contribution in [0.4, 0.5) is 0 Å². The summed E-state index contributed by atoms with van der Waals surface area (Å²) < 4.78 is 5.25. The van der Waals surface area contributed by atoms with Crippen molar-refractivity contribution < 1.29 is 9.53 Å². The Bertz CT molecular complexity index is 791. The third kappa shape index (κ3) is 3.01. The van der Waals surface area contributed by atoms with Gasteiger partial charge in [0.15, 0.2) is 0 Å². The van der Waals surface area contributed by atoms with E-state index in [0.717, 1.165) is 10.9 Å². The summed E-state index contributed by atoms with van der Waals surface area (Å²) in [4.78, 5) is 20.0. The lowest BCUT2D eigenvalue weighted by Crippen LogP contribution is -2.06. The highest BCUT2D eigenvalue weighted by Crippen LogP contribution is 2.21. The SMILES string of the molecule is O=C(OCc1cc2ccccc2nc1Cl)c1ccncc1. The first-order valence-electron chi connectivity index (χ1n) is 6.35. The van der Waals surface area contributed by atoms with Gasteiger partial charge in [0.05, 0.1) is 11.1 Å². The normalized spacial score (nSPS) is 10.5. The number of rotatable bonds is 3. The summed E-state index contributed by atoms with van der Waals surface area (Å²) in [6, 6.07) is 12.7. The van der Waals surface area contributed by atoms with Crippen molar-refractivity contribution >= 4 is 28.5 Å². The predicted octanol–water partition coefficient (Wildman–Crippen LogP) is 3.64. The number of nitrogens with zero attached hydrogens (tertiary/aromatic N) is 2. The molecule has 0 unspecified atom stereocenters. The molecular formula is C16H11ClN2O2. The summed E-state index contributed by atoms with van der Waals surface area (Å²) in [6.07, 6.45) is 3.09. The molecule has 0 amide bonds. The lowest BCUT2D eigenvalue weighted by molar-refractivity contribution is 0.0472. The number of aromatic nitrogens is 2. The minimum atomic E-state index is -0.415. The van der Waals surface area contributed by atoms with Crippen LogP contribution in [0.5, 0.6) is 0 Å². The number of pyridine rings is 2. The summed E-state index contributed by atoms with van der Waals surface area (Å²) >= 11 is 6.12. The lowest BCUT2D eigenvalue weighted by atomic mass is 10.2. The van der Waals surface area contributed by atoms with E-state index in [1.165, 1.54) is 0 Å². The number of hydrogen-bond acceptors (Lipinski definition) is 4. The standard InChI is InChI=1S/C16H11ClN2O2/c17-15-13(9-12-3-1-2-4-14(12)19-15)10-21-16(20)11-5-7-18-8-6-11/h1-9H,10H2. The number of hydrogen-bond donors (Lipinski definition) is 0. The number of halogens is 1. The summed E-state index contributed by atoms with van der Waals surface area (Å²) in [5.41, 5.74) is 1.94. The molecule has 0 fully saturated rings. The minimum absolute atomic E-state index is 0.0812. The third-order valence-corrected chi connectivity index (χ3v) is 3.35. The second-order valence-corrected chi connectivity index (χ2v) is 4.80. The van der Waals surface area contributed by atoms with Crippen LogP contribution in [0.15, 0.2) is 54.9 Å². The summed E-state index contributed by atoms with van der Waals surface area (Å²) in [7, 11) is 0. The summed E-state index contributed by atoms with van der Waals surface area (Å²) in [5.74, 6) is -0.415.